The van der Waals surface area contributed by atoms with Crippen molar-refractivity contribution in [3.63, 3.8) is 0 Å². The van der Waals surface area contributed by atoms with Gasteiger partial charge in [-0.3, -0.25) is 9.78 Å². The fourth-order valence-electron chi connectivity index (χ4n) is 2.43. The zero-order valence-electron chi connectivity index (χ0n) is 14.7. The van der Waals surface area contributed by atoms with Gasteiger partial charge in [0, 0.05) is 19.3 Å². The van der Waals surface area contributed by atoms with Gasteiger partial charge < -0.3 is 15.0 Å². The lowest BCUT2D eigenvalue weighted by Crippen LogP contribution is -2.23. The molecule has 0 atom stereocenters. The molecule has 1 heterocycles. The topological polar surface area (TPSA) is 54.5 Å². The first-order valence-electron chi connectivity index (χ1n) is 8.32. The molecule has 128 valence electrons. The molecule has 0 radical (unpaired) electrons. The smallest absolute Gasteiger partial charge is 0.257 e. The van der Waals surface area contributed by atoms with E-state index in [1.165, 1.54) is 0 Å². The molecule has 0 saturated carbocycles. The highest BCUT2D eigenvalue weighted by atomic mass is 16.5. The van der Waals surface area contributed by atoms with Crippen LogP contribution in [-0.2, 0) is 0 Å². The van der Waals surface area contributed by atoms with Crippen molar-refractivity contribution in [2.45, 2.75) is 33.8 Å². The van der Waals surface area contributed by atoms with E-state index in [0.717, 1.165) is 18.8 Å². The molecule has 0 aliphatic rings. The Hall–Kier alpha value is -2.56. The maximum atomic E-state index is 12.6. The lowest BCUT2D eigenvalue weighted by atomic mass is 10.2. The number of carbonyl (C=O) groups is 1. The van der Waals surface area contributed by atoms with Gasteiger partial charge in [0.1, 0.15) is 5.75 Å². The highest BCUT2D eigenvalue weighted by Gasteiger charge is 2.12. The summed E-state index contributed by atoms with van der Waals surface area (Å²) in [5.74, 6) is 0.463. The number of hydrogen-bond donors (Lipinski definition) is 1. The Morgan fingerprint density at radius 3 is 2.58 bits per heavy atom. The minimum Gasteiger partial charge on any atom is -0.489 e. The summed E-state index contributed by atoms with van der Waals surface area (Å²) >= 11 is 0. The molecule has 24 heavy (non-hydrogen) atoms. The molecule has 0 bridgehead atoms. The molecular weight excluding hydrogens is 302 g/mol. The van der Waals surface area contributed by atoms with Crippen molar-refractivity contribution in [3.05, 3.63) is 48.3 Å². The summed E-state index contributed by atoms with van der Waals surface area (Å²) in [6, 6.07) is 9.29. The molecule has 5 heteroatoms. The maximum Gasteiger partial charge on any atom is 0.257 e. The number of hydrogen-bond acceptors (Lipinski definition) is 4. The number of pyridine rings is 1. The van der Waals surface area contributed by atoms with Gasteiger partial charge in [-0.15, -0.1) is 0 Å². The van der Waals surface area contributed by atoms with Crippen LogP contribution in [-0.4, -0.2) is 30.1 Å². The molecule has 0 spiro atoms. The number of nitrogens with zero attached hydrogens (tertiary/aromatic N) is 2. The molecule has 0 saturated heterocycles. The molecular formula is C19H25N3O2. The normalized spacial score (nSPS) is 10.5. The predicted molar refractivity (Wildman–Crippen MR) is 98.0 cm³/mol. The number of aromatic nitrogens is 1. The molecule has 0 fully saturated rings. The highest BCUT2D eigenvalue weighted by molar-refractivity contribution is 6.05. The second-order valence-corrected chi connectivity index (χ2v) is 5.72. The van der Waals surface area contributed by atoms with Crippen LogP contribution in [0.5, 0.6) is 5.75 Å². The van der Waals surface area contributed by atoms with Crippen LogP contribution in [0, 0.1) is 0 Å². The van der Waals surface area contributed by atoms with Gasteiger partial charge >= 0.3 is 0 Å². The first kappa shape index (κ1) is 17.8. The van der Waals surface area contributed by atoms with E-state index in [2.05, 4.69) is 29.0 Å². The van der Waals surface area contributed by atoms with Crippen LogP contribution in [0.4, 0.5) is 11.4 Å². The highest BCUT2D eigenvalue weighted by Crippen LogP contribution is 2.25. The standard InChI is InChI=1S/C19H25N3O2/c1-5-22(6-2)16-11-15(12-20-13-16)19(23)21-17-9-7-8-10-18(17)24-14(3)4/h7-14H,5-6H2,1-4H3,(H,21,23). The van der Waals surface area contributed by atoms with Gasteiger partial charge in [-0.05, 0) is 45.9 Å². The van der Waals surface area contributed by atoms with Crippen LogP contribution in [0.15, 0.2) is 42.7 Å². The van der Waals surface area contributed by atoms with E-state index < -0.39 is 0 Å². The summed E-state index contributed by atoms with van der Waals surface area (Å²) in [7, 11) is 0. The minimum absolute atomic E-state index is 0.0377. The fraction of sp³-hybridized carbons (Fsp3) is 0.368. The summed E-state index contributed by atoms with van der Waals surface area (Å²) in [6.07, 6.45) is 3.39. The molecule has 1 N–H and O–H groups in total. The molecule has 1 aromatic carbocycles. The largest absolute Gasteiger partial charge is 0.489 e. The molecule has 5 nitrogen and oxygen atoms in total. The number of ether oxygens (including phenoxy) is 1. The van der Waals surface area contributed by atoms with Crippen LogP contribution in [0.1, 0.15) is 38.1 Å². The second kappa shape index (κ2) is 8.34. The van der Waals surface area contributed by atoms with Crippen LogP contribution in [0.25, 0.3) is 0 Å². The number of carbonyl (C=O) groups excluding carboxylic acids is 1. The number of nitrogens with one attached hydrogen (secondary N) is 1. The first-order chi connectivity index (χ1) is 11.5. The Morgan fingerprint density at radius 1 is 1.21 bits per heavy atom. The maximum absolute atomic E-state index is 12.6. The zero-order chi connectivity index (χ0) is 17.5. The summed E-state index contributed by atoms with van der Waals surface area (Å²) in [5.41, 5.74) is 2.13. The minimum atomic E-state index is -0.198. The lowest BCUT2D eigenvalue weighted by Gasteiger charge is -2.21. The van der Waals surface area contributed by atoms with E-state index in [4.69, 9.17) is 4.74 Å². The number of rotatable bonds is 7. The van der Waals surface area contributed by atoms with Crippen molar-refractivity contribution in [2.75, 3.05) is 23.3 Å². The number of para-hydroxylation sites is 2. The van der Waals surface area contributed by atoms with Crippen LogP contribution < -0.4 is 15.0 Å². The summed E-state index contributed by atoms with van der Waals surface area (Å²) < 4.78 is 5.74. The summed E-state index contributed by atoms with van der Waals surface area (Å²) in [4.78, 5) is 18.9. The number of benzene rings is 1. The van der Waals surface area contributed by atoms with Crippen LogP contribution in [0.2, 0.25) is 0 Å². The van der Waals surface area contributed by atoms with Crippen molar-refractivity contribution in [3.8, 4) is 5.75 Å². The molecule has 0 aliphatic carbocycles. The quantitative estimate of drug-likeness (QED) is 0.836. The Balaban J connectivity index is 2.20. The second-order valence-electron chi connectivity index (χ2n) is 5.72. The number of anilines is 2. The van der Waals surface area contributed by atoms with Gasteiger partial charge in [0.2, 0.25) is 0 Å². The van der Waals surface area contributed by atoms with Gasteiger partial charge in [-0.2, -0.15) is 0 Å². The van der Waals surface area contributed by atoms with Gasteiger partial charge in [-0.25, -0.2) is 0 Å². The molecule has 0 unspecified atom stereocenters. The fourth-order valence-corrected chi connectivity index (χ4v) is 2.43. The van der Waals surface area contributed by atoms with Crippen molar-refractivity contribution < 1.29 is 9.53 Å². The van der Waals surface area contributed by atoms with Gasteiger partial charge in [-0.1, -0.05) is 12.1 Å². The van der Waals surface area contributed by atoms with Crippen molar-refractivity contribution in [2.24, 2.45) is 0 Å². The summed E-state index contributed by atoms with van der Waals surface area (Å²) in [6.45, 7) is 9.81. The Morgan fingerprint density at radius 2 is 1.92 bits per heavy atom. The van der Waals surface area contributed by atoms with E-state index in [0.29, 0.717) is 17.0 Å². The molecule has 1 amide bonds. The zero-order valence-corrected chi connectivity index (χ0v) is 14.7. The van der Waals surface area contributed by atoms with E-state index in [9.17, 15) is 4.79 Å². The third-order valence-electron chi connectivity index (χ3n) is 3.61. The number of amides is 1. The average molecular weight is 327 g/mol. The third-order valence-corrected chi connectivity index (χ3v) is 3.61. The lowest BCUT2D eigenvalue weighted by molar-refractivity contribution is 0.102. The van der Waals surface area contributed by atoms with E-state index in [1.807, 2.05) is 44.2 Å². The Kier molecular flexibility index (Phi) is 6.18. The van der Waals surface area contributed by atoms with Gasteiger partial charge in [0.15, 0.2) is 0 Å². The van der Waals surface area contributed by atoms with Crippen molar-refractivity contribution in [1.29, 1.82) is 0 Å². The average Bonchev–Trinajstić information content (AvgIpc) is 2.57. The predicted octanol–water partition coefficient (Wildman–Crippen LogP) is 3.97. The van der Waals surface area contributed by atoms with E-state index in [-0.39, 0.29) is 12.0 Å². The Labute approximate surface area is 143 Å². The van der Waals surface area contributed by atoms with E-state index >= 15 is 0 Å². The first-order valence-corrected chi connectivity index (χ1v) is 8.32. The van der Waals surface area contributed by atoms with Crippen molar-refractivity contribution >= 4 is 17.3 Å². The SMILES string of the molecule is CCN(CC)c1cncc(C(=O)Nc2ccccc2OC(C)C)c1. The van der Waals surface area contributed by atoms with Crippen LogP contribution in [0.3, 0.4) is 0 Å². The van der Waals surface area contributed by atoms with Gasteiger partial charge in [0.25, 0.3) is 5.91 Å². The molecule has 2 aromatic rings. The third kappa shape index (κ3) is 4.47. The molecule has 0 aliphatic heterocycles. The molecule has 2 rings (SSSR count). The monoisotopic (exact) mass is 327 g/mol. The molecule has 1 aromatic heterocycles. The summed E-state index contributed by atoms with van der Waals surface area (Å²) in [5, 5.41) is 2.91. The van der Waals surface area contributed by atoms with Crippen molar-refractivity contribution in [1.82, 2.24) is 4.98 Å². The van der Waals surface area contributed by atoms with Gasteiger partial charge in [0.05, 0.1) is 29.2 Å². The Bertz CT molecular complexity index is 682. The van der Waals surface area contributed by atoms with Crippen LogP contribution >= 0.6 is 0 Å². The van der Waals surface area contributed by atoms with E-state index in [1.54, 1.807) is 12.4 Å².